The van der Waals surface area contributed by atoms with Crippen molar-refractivity contribution in [3.8, 4) is 5.75 Å². The first-order valence-corrected chi connectivity index (χ1v) is 8.37. The molecule has 1 aromatic carbocycles. The van der Waals surface area contributed by atoms with Crippen LogP contribution in [0.5, 0.6) is 5.75 Å². The van der Waals surface area contributed by atoms with Crippen molar-refractivity contribution in [3.63, 3.8) is 0 Å². The fraction of sp³-hybridized carbons (Fsp3) is 0.632. The third kappa shape index (κ3) is 8.90. The quantitative estimate of drug-likeness (QED) is 0.327. The molecule has 112 valence electrons. The highest BCUT2D eigenvalue weighted by Gasteiger charge is 1.98. The fourth-order valence-electron chi connectivity index (χ4n) is 2.37. The van der Waals surface area contributed by atoms with Gasteiger partial charge in [0.15, 0.2) is 0 Å². The summed E-state index contributed by atoms with van der Waals surface area (Å²) in [5.74, 6) is 0.966. The van der Waals surface area contributed by atoms with Crippen LogP contribution in [-0.4, -0.2) is 6.61 Å². The summed E-state index contributed by atoms with van der Waals surface area (Å²) in [6, 6.07) is 7.99. The van der Waals surface area contributed by atoms with Crippen LogP contribution in [0.15, 0.2) is 24.3 Å². The molecule has 0 bridgehead atoms. The largest absolute Gasteiger partial charge is 0.491 e. The summed E-state index contributed by atoms with van der Waals surface area (Å²) in [4.78, 5) is 0. The molecule has 0 spiro atoms. The Hall–Kier alpha value is -1.11. The number of unbranched alkanes of at least 4 members (excludes halogenated alkanes) is 9. The van der Waals surface area contributed by atoms with Crippen LogP contribution < -0.4 is 4.74 Å². The van der Waals surface area contributed by atoms with Crippen molar-refractivity contribution in [2.75, 3.05) is 6.61 Å². The Morgan fingerprint density at radius 3 is 1.80 bits per heavy atom. The molecule has 0 fully saturated rings. The molecule has 0 heterocycles. The maximum atomic E-state index is 5.71. The van der Waals surface area contributed by atoms with Gasteiger partial charge in [0, 0.05) is 31.2 Å². The Morgan fingerprint density at radius 1 is 0.750 bits per heavy atom. The minimum Gasteiger partial charge on any atom is -0.491 e. The molecule has 0 atom stereocenters. The van der Waals surface area contributed by atoms with Crippen LogP contribution in [0.4, 0.5) is 0 Å². The van der Waals surface area contributed by atoms with Gasteiger partial charge in [-0.25, -0.2) is 0 Å². The monoisotopic (exact) mass is 275 g/mol. The minimum atomic E-state index is 0.840. The molecule has 0 saturated carbocycles. The second kappa shape index (κ2) is 11.7. The molecule has 1 nitrogen and oxygen atoms in total. The van der Waals surface area contributed by atoms with Gasteiger partial charge in [-0.15, -0.1) is 0 Å². The average molecular weight is 275 g/mol. The Morgan fingerprint density at radius 2 is 1.25 bits per heavy atom. The molecule has 0 aliphatic rings. The first-order chi connectivity index (χ1) is 9.83. The van der Waals surface area contributed by atoms with Gasteiger partial charge in [0.05, 0.1) is 6.61 Å². The number of hydrogen-bond acceptors (Lipinski definition) is 1. The van der Waals surface area contributed by atoms with E-state index in [1.54, 1.807) is 0 Å². The van der Waals surface area contributed by atoms with Crippen LogP contribution in [0.2, 0.25) is 0 Å². The van der Waals surface area contributed by atoms with Crippen LogP contribution in [0.25, 0.3) is 0 Å². The summed E-state index contributed by atoms with van der Waals surface area (Å²) in [5.41, 5.74) is 1.04. The molecule has 0 aliphatic carbocycles. The summed E-state index contributed by atoms with van der Waals surface area (Å²) >= 11 is 0. The van der Waals surface area contributed by atoms with Gasteiger partial charge >= 0.3 is 0 Å². The fourth-order valence-corrected chi connectivity index (χ4v) is 2.37. The highest BCUT2D eigenvalue weighted by molar-refractivity contribution is 5.28. The van der Waals surface area contributed by atoms with Gasteiger partial charge in [0.2, 0.25) is 0 Å². The van der Waals surface area contributed by atoms with E-state index in [9.17, 15) is 0 Å². The lowest BCUT2D eigenvalue weighted by atomic mass is 10.1. The number of ether oxygens (including phenoxy) is 1. The van der Waals surface area contributed by atoms with E-state index >= 15 is 0 Å². The summed E-state index contributed by atoms with van der Waals surface area (Å²) < 4.78 is 5.71. The summed E-state index contributed by atoms with van der Waals surface area (Å²) in [7, 11) is 0. The van der Waals surface area contributed by atoms with E-state index in [4.69, 9.17) is 4.74 Å². The lowest BCUT2D eigenvalue weighted by molar-refractivity contribution is 0.304. The highest BCUT2D eigenvalue weighted by Crippen LogP contribution is 2.13. The summed E-state index contributed by atoms with van der Waals surface area (Å²) in [6.45, 7) is 6.98. The molecule has 1 aromatic rings. The molecule has 0 aromatic heterocycles. The van der Waals surface area contributed by atoms with Crippen molar-refractivity contribution in [1.82, 2.24) is 0 Å². The third-order valence-electron chi connectivity index (χ3n) is 3.69. The van der Waals surface area contributed by atoms with Crippen LogP contribution >= 0.6 is 0 Å². The minimum absolute atomic E-state index is 0.840. The van der Waals surface area contributed by atoms with Crippen molar-refractivity contribution in [2.45, 2.75) is 71.1 Å². The van der Waals surface area contributed by atoms with Crippen molar-refractivity contribution in [3.05, 3.63) is 36.8 Å². The molecular formula is C19H31O+. The number of hydrogen-bond donors (Lipinski definition) is 0. The maximum Gasteiger partial charge on any atom is 0.145 e. The Labute approximate surface area is 125 Å². The van der Waals surface area contributed by atoms with E-state index in [1.807, 2.05) is 24.3 Å². The molecule has 0 N–H and O–H groups in total. The second-order valence-corrected chi connectivity index (χ2v) is 5.67. The zero-order valence-electron chi connectivity index (χ0n) is 13.2. The van der Waals surface area contributed by atoms with Crippen LogP contribution in [-0.2, 0) is 0 Å². The van der Waals surface area contributed by atoms with Gasteiger partial charge in [-0.3, -0.25) is 0 Å². The smallest absolute Gasteiger partial charge is 0.145 e. The normalized spacial score (nSPS) is 10.7. The Bertz CT molecular complexity index is 315. The highest BCUT2D eigenvalue weighted by atomic mass is 16.5. The summed E-state index contributed by atoms with van der Waals surface area (Å²) in [6.07, 6.45) is 13.7. The van der Waals surface area contributed by atoms with Crippen molar-refractivity contribution in [1.29, 1.82) is 0 Å². The molecule has 0 saturated heterocycles. The third-order valence-corrected chi connectivity index (χ3v) is 3.69. The van der Waals surface area contributed by atoms with Crippen LogP contribution in [0.3, 0.4) is 0 Å². The number of benzene rings is 1. The molecule has 20 heavy (non-hydrogen) atoms. The van der Waals surface area contributed by atoms with Gasteiger partial charge in [0.25, 0.3) is 0 Å². The first kappa shape index (κ1) is 16.9. The van der Waals surface area contributed by atoms with Gasteiger partial charge < -0.3 is 4.74 Å². The predicted molar refractivity (Wildman–Crippen MR) is 88.2 cm³/mol. The SMILES string of the molecule is [CH2+]c1ccc(OCCCCCCCCCCCC)cc1. The van der Waals surface area contributed by atoms with Gasteiger partial charge in [-0.1, -0.05) is 64.7 Å². The van der Waals surface area contributed by atoms with E-state index in [1.165, 1.54) is 64.2 Å². The predicted octanol–water partition coefficient (Wildman–Crippen LogP) is 6.17. The Kier molecular flexibility index (Phi) is 9.91. The van der Waals surface area contributed by atoms with Gasteiger partial charge in [-0.05, 0) is 6.42 Å². The second-order valence-electron chi connectivity index (χ2n) is 5.67. The molecule has 1 rings (SSSR count). The van der Waals surface area contributed by atoms with E-state index < -0.39 is 0 Å². The Balaban J connectivity index is 1.84. The molecule has 0 amide bonds. The molecule has 1 heteroatoms. The van der Waals surface area contributed by atoms with Crippen molar-refractivity contribution >= 4 is 0 Å². The van der Waals surface area contributed by atoms with Crippen molar-refractivity contribution in [2.24, 2.45) is 0 Å². The number of rotatable bonds is 12. The molecule has 0 unspecified atom stereocenters. The van der Waals surface area contributed by atoms with Gasteiger partial charge in [-0.2, -0.15) is 0 Å². The molecule has 0 aliphatic heterocycles. The standard InChI is InChI=1S/C19H31O/c1-3-4-5-6-7-8-9-10-11-12-17-20-19-15-13-18(2)14-16-19/h13-16H,2-12,17H2,1H3/q+1. The zero-order chi connectivity index (χ0) is 14.5. The van der Waals surface area contributed by atoms with E-state index in [0.717, 1.165) is 17.9 Å². The molecular weight excluding hydrogens is 244 g/mol. The lowest BCUT2D eigenvalue weighted by Crippen LogP contribution is -1.97. The average Bonchev–Trinajstić information content (AvgIpc) is 2.47. The topological polar surface area (TPSA) is 9.23 Å². The van der Waals surface area contributed by atoms with E-state index in [-0.39, 0.29) is 0 Å². The maximum absolute atomic E-state index is 5.71. The van der Waals surface area contributed by atoms with Crippen LogP contribution in [0.1, 0.15) is 76.7 Å². The van der Waals surface area contributed by atoms with E-state index in [0.29, 0.717) is 0 Å². The van der Waals surface area contributed by atoms with Crippen LogP contribution in [0, 0.1) is 6.92 Å². The lowest BCUT2D eigenvalue weighted by Gasteiger charge is -2.05. The zero-order valence-corrected chi connectivity index (χ0v) is 13.2. The molecule has 0 radical (unpaired) electrons. The van der Waals surface area contributed by atoms with Crippen molar-refractivity contribution < 1.29 is 4.74 Å². The van der Waals surface area contributed by atoms with Gasteiger partial charge in [0.1, 0.15) is 11.3 Å². The first-order valence-electron chi connectivity index (χ1n) is 8.37. The summed E-state index contributed by atoms with van der Waals surface area (Å²) in [5, 5.41) is 0. The van der Waals surface area contributed by atoms with E-state index in [2.05, 4.69) is 13.8 Å².